The van der Waals surface area contributed by atoms with Gasteiger partial charge in [-0.2, -0.15) is 0 Å². The Hall–Kier alpha value is -2.92. The lowest BCUT2D eigenvalue weighted by Crippen LogP contribution is -3.16. The van der Waals surface area contributed by atoms with Gasteiger partial charge in [0.05, 0.1) is 37.4 Å². The third kappa shape index (κ3) is 2.44. The Morgan fingerprint density at radius 2 is 1.77 bits per heavy atom. The molecule has 1 amide bonds. The number of piperazine rings is 1. The van der Waals surface area contributed by atoms with Gasteiger partial charge in [0.2, 0.25) is 0 Å². The van der Waals surface area contributed by atoms with Crippen molar-refractivity contribution in [1.82, 2.24) is 4.98 Å². The molecular formula is C21H21N4O+. The molecule has 0 saturated carbocycles. The number of hydrogen-bond acceptors (Lipinski definition) is 3. The molecule has 0 aliphatic carbocycles. The van der Waals surface area contributed by atoms with Crippen LogP contribution in [0.5, 0.6) is 0 Å². The molecule has 0 unspecified atom stereocenters. The number of benzene rings is 2. The Labute approximate surface area is 152 Å². The highest BCUT2D eigenvalue weighted by Gasteiger charge is 2.33. The van der Waals surface area contributed by atoms with Crippen LogP contribution in [0.4, 0.5) is 11.5 Å². The van der Waals surface area contributed by atoms with E-state index in [1.165, 1.54) is 4.90 Å². The number of amides is 1. The molecule has 1 saturated heterocycles. The Balaban J connectivity index is 1.33. The summed E-state index contributed by atoms with van der Waals surface area (Å²) in [5, 5.41) is 2.25. The minimum absolute atomic E-state index is 0.136. The highest BCUT2D eigenvalue weighted by atomic mass is 16.2. The predicted molar refractivity (Wildman–Crippen MR) is 103 cm³/mol. The summed E-state index contributed by atoms with van der Waals surface area (Å²) in [6, 6.07) is 18.2. The lowest BCUT2D eigenvalue weighted by atomic mass is 10.1. The van der Waals surface area contributed by atoms with Crippen molar-refractivity contribution >= 4 is 28.2 Å². The maximum absolute atomic E-state index is 12.9. The second-order valence-corrected chi connectivity index (χ2v) is 7.00. The van der Waals surface area contributed by atoms with Crippen LogP contribution in [-0.2, 0) is 0 Å². The van der Waals surface area contributed by atoms with Gasteiger partial charge in [-0.15, -0.1) is 0 Å². The van der Waals surface area contributed by atoms with Crippen molar-refractivity contribution in [1.29, 1.82) is 0 Å². The first-order valence-corrected chi connectivity index (χ1v) is 9.14. The lowest BCUT2D eigenvalue weighted by molar-refractivity contribution is -0.899. The normalized spacial score (nSPS) is 17.3. The van der Waals surface area contributed by atoms with Crippen molar-refractivity contribution in [3.8, 4) is 0 Å². The van der Waals surface area contributed by atoms with E-state index in [9.17, 15) is 4.79 Å². The smallest absolute Gasteiger partial charge is 0.263 e. The molecule has 0 spiro atoms. The summed E-state index contributed by atoms with van der Waals surface area (Å²) in [7, 11) is 0. The average Bonchev–Trinajstić information content (AvgIpc) is 2.97. The Morgan fingerprint density at radius 1 is 0.962 bits per heavy atom. The summed E-state index contributed by atoms with van der Waals surface area (Å²) in [5.41, 5.74) is 1.90. The van der Waals surface area contributed by atoms with Crippen LogP contribution in [0.15, 0.2) is 60.8 Å². The van der Waals surface area contributed by atoms with E-state index >= 15 is 0 Å². The first kappa shape index (κ1) is 15.3. The van der Waals surface area contributed by atoms with Crippen LogP contribution >= 0.6 is 0 Å². The minimum atomic E-state index is 0.136. The van der Waals surface area contributed by atoms with Gasteiger partial charge in [0.1, 0.15) is 5.82 Å². The molecule has 2 aliphatic heterocycles. The molecule has 1 fully saturated rings. The number of nitrogens with one attached hydrogen (secondary N) is 1. The van der Waals surface area contributed by atoms with Crippen molar-refractivity contribution in [3.05, 3.63) is 66.4 Å². The molecule has 3 aromatic rings. The second kappa shape index (κ2) is 6.11. The third-order valence-corrected chi connectivity index (χ3v) is 5.47. The van der Waals surface area contributed by atoms with E-state index in [-0.39, 0.29) is 5.91 Å². The van der Waals surface area contributed by atoms with Gasteiger partial charge in [0.15, 0.2) is 6.67 Å². The first-order valence-electron chi connectivity index (χ1n) is 9.14. The maximum atomic E-state index is 12.9. The van der Waals surface area contributed by atoms with Crippen LogP contribution < -0.4 is 14.7 Å². The predicted octanol–water partition coefficient (Wildman–Crippen LogP) is 1.56. The monoisotopic (exact) mass is 345 g/mol. The van der Waals surface area contributed by atoms with Crippen LogP contribution in [0.3, 0.4) is 0 Å². The van der Waals surface area contributed by atoms with Gasteiger partial charge in [-0.25, -0.2) is 4.98 Å². The Bertz CT molecular complexity index is 959. The fourth-order valence-electron chi connectivity index (χ4n) is 4.11. The Morgan fingerprint density at radius 3 is 2.54 bits per heavy atom. The summed E-state index contributed by atoms with van der Waals surface area (Å²) in [5.74, 6) is 1.18. The largest absolute Gasteiger partial charge is 0.345 e. The van der Waals surface area contributed by atoms with Crippen LogP contribution in [0.25, 0.3) is 10.8 Å². The van der Waals surface area contributed by atoms with E-state index in [2.05, 4.69) is 34.1 Å². The van der Waals surface area contributed by atoms with Gasteiger partial charge in [0.25, 0.3) is 5.91 Å². The van der Waals surface area contributed by atoms with Crippen molar-refractivity contribution in [2.75, 3.05) is 42.6 Å². The second-order valence-electron chi connectivity index (χ2n) is 7.00. The van der Waals surface area contributed by atoms with Crippen molar-refractivity contribution in [3.63, 3.8) is 0 Å². The number of aromatic nitrogens is 1. The quantitative estimate of drug-likeness (QED) is 0.783. The highest BCUT2D eigenvalue weighted by Crippen LogP contribution is 2.36. The molecule has 2 aliphatic rings. The molecule has 0 atom stereocenters. The average molecular weight is 345 g/mol. The van der Waals surface area contributed by atoms with Gasteiger partial charge >= 0.3 is 0 Å². The van der Waals surface area contributed by atoms with Gasteiger partial charge in [-0.1, -0.05) is 30.3 Å². The van der Waals surface area contributed by atoms with Crippen LogP contribution in [0, 0.1) is 0 Å². The molecule has 1 aromatic heterocycles. The van der Waals surface area contributed by atoms with Crippen molar-refractivity contribution < 1.29 is 9.69 Å². The third-order valence-electron chi connectivity index (χ3n) is 5.47. The minimum Gasteiger partial charge on any atom is -0.345 e. The highest BCUT2D eigenvalue weighted by molar-refractivity contribution is 6.24. The molecule has 3 heterocycles. The molecule has 26 heavy (non-hydrogen) atoms. The van der Waals surface area contributed by atoms with E-state index in [1.54, 1.807) is 0 Å². The van der Waals surface area contributed by atoms with E-state index in [1.807, 2.05) is 41.4 Å². The summed E-state index contributed by atoms with van der Waals surface area (Å²) in [6.45, 7) is 4.67. The molecular weight excluding hydrogens is 324 g/mol. The Kier molecular flexibility index (Phi) is 3.60. The van der Waals surface area contributed by atoms with Gasteiger partial charge in [0, 0.05) is 11.6 Å². The summed E-state index contributed by atoms with van der Waals surface area (Å²) >= 11 is 0. The fourth-order valence-corrected chi connectivity index (χ4v) is 4.11. The molecule has 0 radical (unpaired) electrons. The van der Waals surface area contributed by atoms with Gasteiger partial charge < -0.3 is 9.80 Å². The molecule has 5 rings (SSSR count). The number of nitrogens with zero attached hydrogens (tertiary/aromatic N) is 3. The molecule has 1 N–H and O–H groups in total. The molecule has 0 bridgehead atoms. The molecule has 2 aromatic carbocycles. The standard InChI is InChI=1S/C21H20N4O/c26-21-17-7-3-5-16-6-4-8-18(20(16)17)25(21)15-23-11-13-24(14-12-23)19-9-1-2-10-22-19/h1-10H,11-15H2/p+1. The number of rotatable bonds is 3. The van der Waals surface area contributed by atoms with E-state index < -0.39 is 0 Å². The van der Waals surface area contributed by atoms with Crippen LogP contribution in [0.1, 0.15) is 10.4 Å². The van der Waals surface area contributed by atoms with E-state index in [0.29, 0.717) is 0 Å². The molecule has 5 heteroatoms. The van der Waals surface area contributed by atoms with Gasteiger partial charge in [-0.3, -0.25) is 9.69 Å². The topological polar surface area (TPSA) is 40.9 Å². The van der Waals surface area contributed by atoms with E-state index in [0.717, 1.165) is 60.7 Å². The fraction of sp³-hybridized carbons (Fsp3) is 0.238. The zero-order valence-electron chi connectivity index (χ0n) is 14.6. The molecule has 130 valence electrons. The zero-order chi connectivity index (χ0) is 17.5. The number of carbonyl (C=O) groups is 1. The first-order chi connectivity index (χ1) is 12.8. The molecule has 5 nitrogen and oxygen atoms in total. The number of anilines is 2. The number of hydrogen-bond donors (Lipinski definition) is 1. The van der Waals surface area contributed by atoms with E-state index in [4.69, 9.17) is 0 Å². The van der Waals surface area contributed by atoms with Crippen molar-refractivity contribution in [2.24, 2.45) is 0 Å². The summed E-state index contributed by atoms with van der Waals surface area (Å²) in [6.07, 6.45) is 1.84. The number of carbonyl (C=O) groups excluding carboxylic acids is 1. The summed E-state index contributed by atoms with van der Waals surface area (Å²) in [4.78, 5) is 23.1. The van der Waals surface area contributed by atoms with Crippen LogP contribution in [-0.4, -0.2) is 43.7 Å². The number of pyridine rings is 1. The van der Waals surface area contributed by atoms with Crippen LogP contribution in [0.2, 0.25) is 0 Å². The van der Waals surface area contributed by atoms with Crippen molar-refractivity contribution in [2.45, 2.75) is 0 Å². The zero-order valence-corrected chi connectivity index (χ0v) is 14.6. The maximum Gasteiger partial charge on any atom is 0.263 e. The lowest BCUT2D eigenvalue weighted by Gasteiger charge is -2.34. The SMILES string of the molecule is O=C1c2cccc3cccc(c23)N1C[NH+]1CCN(c2ccccn2)CC1. The summed E-state index contributed by atoms with van der Waals surface area (Å²) < 4.78 is 0. The number of quaternary nitrogens is 1. The van der Waals surface area contributed by atoms with Gasteiger partial charge in [-0.05, 0) is 29.7 Å².